The van der Waals surface area contributed by atoms with Crippen LogP contribution in [-0.2, 0) is 11.3 Å². The van der Waals surface area contributed by atoms with Gasteiger partial charge in [0.25, 0.3) is 5.78 Å². The van der Waals surface area contributed by atoms with Crippen molar-refractivity contribution >= 4 is 11.6 Å². The van der Waals surface area contributed by atoms with Gasteiger partial charge in [0.1, 0.15) is 12.1 Å². The first kappa shape index (κ1) is 14.4. The highest BCUT2D eigenvalue weighted by Gasteiger charge is 2.18. The Bertz CT molecular complexity index is 757. The number of nitrogens with zero attached hydrogens (tertiary/aromatic N) is 6. The molecule has 22 heavy (non-hydrogen) atoms. The van der Waals surface area contributed by atoms with Gasteiger partial charge in [-0.05, 0) is 19.1 Å². The third-order valence-electron chi connectivity index (χ3n) is 3.64. The smallest absolute Gasteiger partial charge is 0.254 e. The molecule has 0 aliphatic rings. The van der Waals surface area contributed by atoms with Gasteiger partial charge in [-0.25, -0.2) is 4.98 Å². The molecule has 0 saturated heterocycles. The van der Waals surface area contributed by atoms with Crippen molar-refractivity contribution in [2.75, 3.05) is 19.1 Å². The highest BCUT2D eigenvalue weighted by Crippen LogP contribution is 2.24. The van der Waals surface area contributed by atoms with Gasteiger partial charge in [0.05, 0.1) is 24.0 Å². The molecule has 0 amide bonds. The van der Waals surface area contributed by atoms with Crippen LogP contribution in [0.1, 0.15) is 24.4 Å². The van der Waals surface area contributed by atoms with Crippen molar-refractivity contribution in [3.63, 3.8) is 0 Å². The first-order valence-corrected chi connectivity index (χ1v) is 7.03. The highest BCUT2D eigenvalue weighted by molar-refractivity contribution is 5.48. The highest BCUT2D eigenvalue weighted by atomic mass is 16.5. The largest absolute Gasteiger partial charge is 0.378 e. The summed E-state index contributed by atoms with van der Waals surface area (Å²) in [7, 11) is 3.65. The van der Waals surface area contributed by atoms with E-state index in [1.54, 1.807) is 17.8 Å². The van der Waals surface area contributed by atoms with E-state index in [0.717, 1.165) is 17.2 Å². The second-order valence-electron chi connectivity index (χ2n) is 5.05. The maximum absolute atomic E-state index is 5.18. The number of methoxy groups -OCH3 is 1. The van der Waals surface area contributed by atoms with E-state index in [0.29, 0.717) is 12.4 Å². The third-order valence-corrected chi connectivity index (χ3v) is 3.64. The van der Waals surface area contributed by atoms with E-state index in [1.165, 1.54) is 6.33 Å². The van der Waals surface area contributed by atoms with Gasteiger partial charge in [-0.1, -0.05) is 6.07 Å². The van der Waals surface area contributed by atoms with Crippen molar-refractivity contribution in [3.05, 3.63) is 48.2 Å². The summed E-state index contributed by atoms with van der Waals surface area (Å²) in [6, 6.07) is 7.96. The van der Waals surface area contributed by atoms with Gasteiger partial charge in [0.2, 0.25) is 0 Å². The maximum Gasteiger partial charge on any atom is 0.254 e. The molecule has 0 saturated carbocycles. The lowest BCUT2D eigenvalue weighted by Gasteiger charge is -2.26. The molecule has 3 heterocycles. The minimum atomic E-state index is 0.0893. The predicted molar refractivity (Wildman–Crippen MR) is 82.6 cm³/mol. The average molecular weight is 298 g/mol. The molecule has 0 aromatic carbocycles. The summed E-state index contributed by atoms with van der Waals surface area (Å²) in [5, 5.41) is 4.26. The van der Waals surface area contributed by atoms with Crippen LogP contribution in [0.2, 0.25) is 0 Å². The number of fused-ring (bicyclic) bond motifs is 1. The van der Waals surface area contributed by atoms with Crippen LogP contribution in [0.15, 0.2) is 36.8 Å². The fraction of sp³-hybridized carbons (Fsp3) is 0.333. The molecule has 114 valence electrons. The standard InChI is InChI=1S/C15H18N6O/c1-11(13-6-4-5-7-16-13)20(2)14-8-12(9-22-3)19-15-17-10-18-21(14)15/h4-8,10-11H,9H2,1-3H3/t11-/m0/s1. The lowest BCUT2D eigenvalue weighted by atomic mass is 10.2. The van der Waals surface area contributed by atoms with E-state index >= 15 is 0 Å². The quantitative estimate of drug-likeness (QED) is 0.716. The molecule has 0 unspecified atom stereocenters. The second-order valence-corrected chi connectivity index (χ2v) is 5.05. The summed E-state index contributed by atoms with van der Waals surface area (Å²) in [5.41, 5.74) is 1.81. The number of anilines is 1. The molecular weight excluding hydrogens is 280 g/mol. The van der Waals surface area contributed by atoms with Crippen LogP contribution in [0.25, 0.3) is 5.78 Å². The average Bonchev–Trinajstić information content (AvgIpc) is 3.02. The summed E-state index contributed by atoms with van der Waals surface area (Å²) in [4.78, 5) is 15.1. The second kappa shape index (κ2) is 6.07. The van der Waals surface area contributed by atoms with Gasteiger partial charge >= 0.3 is 0 Å². The Balaban J connectivity index is 2.02. The van der Waals surface area contributed by atoms with Crippen LogP contribution in [0.4, 0.5) is 5.82 Å². The summed E-state index contributed by atoms with van der Waals surface area (Å²) in [6.07, 6.45) is 3.30. The van der Waals surface area contributed by atoms with Crippen molar-refractivity contribution < 1.29 is 4.74 Å². The lowest BCUT2D eigenvalue weighted by Crippen LogP contribution is -2.25. The Labute approximate surface area is 128 Å². The fourth-order valence-corrected chi connectivity index (χ4v) is 2.34. The van der Waals surface area contributed by atoms with E-state index in [9.17, 15) is 0 Å². The molecule has 3 aromatic rings. The fourth-order valence-electron chi connectivity index (χ4n) is 2.34. The van der Waals surface area contributed by atoms with Crippen LogP contribution >= 0.6 is 0 Å². The van der Waals surface area contributed by atoms with Gasteiger partial charge < -0.3 is 9.64 Å². The molecule has 0 fully saturated rings. The summed E-state index contributed by atoms with van der Waals surface area (Å²) in [6.45, 7) is 2.53. The molecule has 0 bridgehead atoms. The van der Waals surface area contributed by atoms with Crippen molar-refractivity contribution in [2.45, 2.75) is 19.6 Å². The molecule has 0 N–H and O–H groups in total. The summed E-state index contributed by atoms with van der Waals surface area (Å²) < 4.78 is 6.90. The van der Waals surface area contributed by atoms with Crippen LogP contribution in [0.3, 0.4) is 0 Å². The summed E-state index contributed by atoms with van der Waals surface area (Å²) >= 11 is 0. The SMILES string of the molecule is COCc1cc(N(C)[C@@H](C)c2ccccn2)n2ncnc2n1. The van der Waals surface area contributed by atoms with E-state index in [1.807, 2.05) is 31.3 Å². The van der Waals surface area contributed by atoms with Gasteiger partial charge in [-0.3, -0.25) is 4.98 Å². The van der Waals surface area contributed by atoms with Crippen molar-refractivity contribution in [1.82, 2.24) is 24.6 Å². The van der Waals surface area contributed by atoms with Gasteiger partial charge in [-0.15, -0.1) is 0 Å². The van der Waals surface area contributed by atoms with Crippen LogP contribution in [0, 0.1) is 0 Å². The molecule has 0 aliphatic heterocycles. The molecular formula is C15H18N6O. The zero-order chi connectivity index (χ0) is 15.5. The number of rotatable bonds is 5. The zero-order valence-electron chi connectivity index (χ0n) is 12.8. The van der Waals surface area contributed by atoms with Crippen LogP contribution in [0.5, 0.6) is 0 Å². The first-order valence-electron chi connectivity index (χ1n) is 7.03. The molecule has 7 heteroatoms. The Morgan fingerprint density at radius 3 is 2.91 bits per heavy atom. The minimum Gasteiger partial charge on any atom is -0.378 e. The van der Waals surface area contributed by atoms with Gasteiger partial charge in [0, 0.05) is 26.4 Å². The van der Waals surface area contributed by atoms with E-state index in [-0.39, 0.29) is 6.04 Å². The van der Waals surface area contributed by atoms with Crippen molar-refractivity contribution in [3.8, 4) is 0 Å². The van der Waals surface area contributed by atoms with Crippen molar-refractivity contribution in [1.29, 1.82) is 0 Å². The zero-order valence-corrected chi connectivity index (χ0v) is 12.8. The minimum absolute atomic E-state index is 0.0893. The Hall–Kier alpha value is -2.54. The predicted octanol–water partition coefficient (Wildman–Crippen LogP) is 1.86. The number of hydrogen-bond acceptors (Lipinski definition) is 6. The van der Waals surface area contributed by atoms with Crippen molar-refractivity contribution in [2.24, 2.45) is 0 Å². The number of hydrogen-bond donors (Lipinski definition) is 0. The lowest BCUT2D eigenvalue weighted by molar-refractivity contribution is 0.181. The Morgan fingerprint density at radius 2 is 2.18 bits per heavy atom. The van der Waals surface area contributed by atoms with E-state index in [2.05, 4.69) is 31.9 Å². The molecule has 0 aliphatic carbocycles. The monoisotopic (exact) mass is 298 g/mol. The first-order chi connectivity index (χ1) is 10.7. The molecule has 0 spiro atoms. The molecule has 3 rings (SSSR count). The number of ether oxygens (including phenoxy) is 1. The topological polar surface area (TPSA) is 68.4 Å². The van der Waals surface area contributed by atoms with Crippen LogP contribution in [-0.4, -0.2) is 38.7 Å². The van der Waals surface area contributed by atoms with Gasteiger partial charge in [0.15, 0.2) is 0 Å². The van der Waals surface area contributed by atoms with E-state index < -0.39 is 0 Å². The normalized spacial score (nSPS) is 12.5. The number of pyridine rings is 1. The molecule has 3 aromatic heterocycles. The molecule has 0 radical (unpaired) electrons. The third kappa shape index (κ3) is 2.62. The maximum atomic E-state index is 5.18. The number of aromatic nitrogens is 5. The van der Waals surface area contributed by atoms with Crippen LogP contribution < -0.4 is 4.90 Å². The van der Waals surface area contributed by atoms with Gasteiger partial charge in [-0.2, -0.15) is 14.6 Å². The Morgan fingerprint density at radius 1 is 1.32 bits per heavy atom. The summed E-state index contributed by atoms with van der Waals surface area (Å²) in [5.74, 6) is 1.46. The Kier molecular flexibility index (Phi) is 3.97. The molecule has 1 atom stereocenters. The van der Waals surface area contributed by atoms with E-state index in [4.69, 9.17) is 4.74 Å². The molecule has 7 nitrogen and oxygen atoms in total.